The van der Waals surface area contributed by atoms with Crippen LogP contribution in [-0.2, 0) is 34.7 Å². The maximum absolute atomic E-state index is 14.5. The summed E-state index contributed by atoms with van der Waals surface area (Å²) in [5.74, 6) is -1.03. The average Bonchev–Trinajstić information content (AvgIpc) is 3.13. The van der Waals surface area contributed by atoms with E-state index in [1.165, 1.54) is 6.07 Å². The number of carbonyl (C=O) groups is 1. The van der Waals surface area contributed by atoms with Crippen molar-refractivity contribution < 1.29 is 19.0 Å². The highest BCUT2D eigenvalue weighted by Crippen LogP contribution is 2.44. The first-order chi connectivity index (χ1) is 14.8. The Hall–Kier alpha value is -3.10. The molecule has 2 aromatic heterocycles. The molecule has 158 valence electrons. The van der Waals surface area contributed by atoms with Gasteiger partial charge in [-0.1, -0.05) is 6.92 Å². The summed E-state index contributed by atoms with van der Waals surface area (Å²) in [5.41, 5.74) is 8.82. The summed E-state index contributed by atoms with van der Waals surface area (Å²) >= 11 is 0. The van der Waals surface area contributed by atoms with Gasteiger partial charge in [0.1, 0.15) is 12.4 Å². The Balaban J connectivity index is 1.69. The second-order valence-corrected chi connectivity index (χ2v) is 8.52. The van der Waals surface area contributed by atoms with Crippen molar-refractivity contribution in [3.63, 3.8) is 0 Å². The molecule has 0 radical (unpaired) electrons. The molecule has 6 rings (SSSR count). The smallest absolute Gasteiger partial charge is 0.343 e. The fourth-order valence-corrected chi connectivity index (χ4v) is 5.35. The van der Waals surface area contributed by atoms with E-state index >= 15 is 0 Å². The highest BCUT2D eigenvalue weighted by Gasteiger charge is 2.45. The number of nitrogens with two attached hydrogens (primary N) is 1. The number of pyridine rings is 2. The molecule has 0 fully saturated rings. The summed E-state index contributed by atoms with van der Waals surface area (Å²) in [7, 11) is 0. The van der Waals surface area contributed by atoms with Crippen molar-refractivity contribution in [2.75, 3.05) is 0 Å². The van der Waals surface area contributed by atoms with E-state index in [1.54, 1.807) is 23.6 Å². The Morgan fingerprint density at radius 1 is 1.32 bits per heavy atom. The number of hydrogen-bond donors (Lipinski definition) is 2. The molecule has 4 heterocycles. The van der Waals surface area contributed by atoms with Crippen molar-refractivity contribution in [1.29, 1.82) is 0 Å². The molecule has 0 bridgehead atoms. The first-order valence-corrected chi connectivity index (χ1v) is 10.4. The lowest BCUT2D eigenvalue weighted by atomic mass is 9.83. The zero-order valence-electron chi connectivity index (χ0n) is 16.9. The van der Waals surface area contributed by atoms with E-state index in [2.05, 4.69) is 0 Å². The van der Waals surface area contributed by atoms with Crippen LogP contribution in [0.25, 0.3) is 22.3 Å². The van der Waals surface area contributed by atoms with Crippen LogP contribution in [0.4, 0.5) is 4.39 Å². The number of rotatable bonds is 1. The summed E-state index contributed by atoms with van der Waals surface area (Å²) in [6.07, 6.45) is 1.24. The Morgan fingerprint density at radius 2 is 2.13 bits per heavy atom. The normalized spacial score (nSPS) is 23.4. The molecule has 31 heavy (non-hydrogen) atoms. The quantitative estimate of drug-likeness (QED) is 0.456. The van der Waals surface area contributed by atoms with Gasteiger partial charge < -0.3 is 20.1 Å². The molecule has 3 aromatic rings. The van der Waals surface area contributed by atoms with Crippen molar-refractivity contribution in [1.82, 2.24) is 9.55 Å². The molecule has 0 spiro atoms. The lowest BCUT2D eigenvalue weighted by Crippen LogP contribution is -2.44. The lowest BCUT2D eigenvalue weighted by molar-refractivity contribution is -0.172. The van der Waals surface area contributed by atoms with Gasteiger partial charge in [-0.05, 0) is 48.6 Å². The number of halogens is 1. The Labute approximate surface area is 176 Å². The molecule has 0 amide bonds. The van der Waals surface area contributed by atoms with E-state index in [1.807, 2.05) is 0 Å². The van der Waals surface area contributed by atoms with Crippen LogP contribution >= 0.6 is 0 Å². The number of aryl methyl sites for hydroxylation is 1. The molecule has 3 aliphatic rings. The van der Waals surface area contributed by atoms with Crippen molar-refractivity contribution >= 4 is 16.9 Å². The minimum atomic E-state index is -1.87. The second-order valence-electron chi connectivity index (χ2n) is 8.52. The van der Waals surface area contributed by atoms with Gasteiger partial charge in [0.2, 0.25) is 0 Å². The summed E-state index contributed by atoms with van der Waals surface area (Å²) in [6.45, 7) is 1.75. The molecular formula is C23H20FN3O4. The molecular weight excluding hydrogens is 401 g/mol. The van der Waals surface area contributed by atoms with Gasteiger partial charge in [-0.25, -0.2) is 14.2 Å². The van der Waals surface area contributed by atoms with Gasteiger partial charge in [-0.2, -0.15) is 0 Å². The number of hydrogen-bond acceptors (Lipinski definition) is 6. The summed E-state index contributed by atoms with van der Waals surface area (Å²) in [4.78, 5) is 30.4. The third kappa shape index (κ3) is 2.21. The fraction of sp³-hybridized carbons (Fsp3) is 0.348. The van der Waals surface area contributed by atoms with Gasteiger partial charge in [0.15, 0.2) is 5.60 Å². The highest BCUT2D eigenvalue weighted by atomic mass is 19.1. The van der Waals surface area contributed by atoms with E-state index < -0.39 is 11.6 Å². The van der Waals surface area contributed by atoms with E-state index in [0.717, 1.165) is 16.5 Å². The van der Waals surface area contributed by atoms with Crippen LogP contribution in [0.2, 0.25) is 0 Å². The predicted molar refractivity (Wildman–Crippen MR) is 110 cm³/mol. The molecule has 0 saturated carbocycles. The van der Waals surface area contributed by atoms with Gasteiger partial charge in [-0.3, -0.25) is 4.79 Å². The first kappa shape index (κ1) is 18.7. The zero-order valence-corrected chi connectivity index (χ0v) is 16.9. The molecule has 0 unspecified atom stereocenters. The number of aromatic nitrogens is 2. The molecule has 3 N–H and O–H groups in total. The number of carbonyl (C=O) groups excluding carboxylic acids is 1. The summed E-state index contributed by atoms with van der Waals surface area (Å²) < 4.78 is 21.2. The van der Waals surface area contributed by atoms with Crippen LogP contribution in [0, 0.1) is 5.82 Å². The van der Waals surface area contributed by atoms with Gasteiger partial charge >= 0.3 is 5.97 Å². The minimum Gasteiger partial charge on any atom is -0.458 e. The van der Waals surface area contributed by atoms with Crippen molar-refractivity contribution in [2.24, 2.45) is 5.73 Å². The Morgan fingerprint density at radius 3 is 2.90 bits per heavy atom. The molecule has 2 aliphatic heterocycles. The largest absolute Gasteiger partial charge is 0.458 e. The van der Waals surface area contributed by atoms with Crippen molar-refractivity contribution in [3.8, 4) is 11.4 Å². The van der Waals surface area contributed by atoms with Crippen LogP contribution in [0.5, 0.6) is 0 Å². The molecule has 2 atom stereocenters. The number of cyclic esters (lactones) is 1. The zero-order chi connectivity index (χ0) is 21.7. The third-order valence-corrected chi connectivity index (χ3v) is 7.02. The van der Waals surface area contributed by atoms with E-state index in [9.17, 15) is 19.1 Å². The minimum absolute atomic E-state index is 0.0818. The van der Waals surface area contributed by atoms with E-state index in [-0.39, 0.29) is 48.1 Å². The number of esters is 1. The van der Waals surface area contributed by atoms with Crippen LogP contribution < -0.4 is 11.3 Å². The standard InChI is InChI=1S/C23H20FN3O4/c1-2-23(30)13-7-17-20-11(8-27(17)21(28)12(13)9-31-22(23)29)18-15(25)5-3-10-14(24)4-6-16(26-20)19(10)18/h4,6-7,15,30H,2-3,5,8-9,25H2,1H3/t15-,23+/m1/s1. The SMILES string of the molecule is CC[C@@]1(O)C(=O)OCc2c1cc1n(c2=O)Cc2c-1nc1ccc(F)c3c1c2[C@H](N)CC3. The first-order valence-electron chi connectivity index (χ1n) is 10.4. The maximum Gasteiger partial charge on any atom is 0.343 e. The number of nitrogens with zero attached hydrogens (tertiary/aromatic N) is 2. The summed E-state index contributed by atoms with van der Waals surface area (Å²) in [5, 5.41) is 11.7. The number of ether oxygens (including phenoxy) is 1. The topological polar surface area (TPSA) is 107 Å². The predicted octanol–water partition coefficient (Wildman–Crippen LogP) is 2.16. The van der Waals surface area contributed by atoms with Crippen LogP contribution in [0.1, 0.15) is 53.6 Å². The molecule has 7 nitrogen and oxygen atoms in total. The van der Waals surface area contributed by atoms with E-state index in [0.29, 0.717) is 35.3 Å². The maximum atomic E-state index is 14.5. The van der Waals surface area contributed by atoms with Crippen LogP contribution in [0.3, 0.4) is 0 Å². The molecule has 1 aliphatic carbocycles. The van der Waals surface area contributed by atoms with Crippen molar-refractivity contribution in [2.45, 2.75) is 51.0 Å². The average molecular weight is 421 g/mol. The monoisotopic (exact) mass is 421 g/mol. The number of benzene rings is 1. The van der Waals surface area contributed by atoms with E-state index in [4.69, 9.17) is 15.5 Å². The number of aliphatic hydroxyl groups is 1. The molecule has 0 saturated heterocycles. The molecule has 1 aromatic carbocycles. The highest BCUT2D eigenvalue weighted by molar-refractivity contribution is 5.92. The molecule has 8 heteroatoms. The van der Waals surface area contributed by atoms with Gasteiger partial charge in [0, 0.05) is 22.6 Å². The fourth-order valence-electron chi connectivity index (χ4n) is 5.35. The van der Waals surface area contributed by atoms with Crippen LogP contribution in [0.15, 0.2) is 23.0 Å². The Bertz CT molecular complexity index is 1400. The third-order valence-electron chi connectivity index (χ3n) is 7.02. The van der Waals surface area contributed by atoms with Gasteiger partial charge in [0.05, 0.1) is 29.0 Å². The van der Waals surface area contributed by atoms with Crippen LogP contribution in [-0.4, -0.2) is 20.6 Å². The van der Waals surface area contributed by atoms with Gasteiger partial charge in [-0.15, -0.1) is 0 Å². The van der Waals surface area contributed by atoms with Gasteiger partial charge in [0.25, 0.3) is 5.56 Å². The second kappa shape index (κ2) is 5.99. The Kier molecular flexibility index (Phi) is 3.60. The summed E-state index contributed by atoms with van der Waals surface area (Å²) in [6, 6.07) is 4.44. The van der Waals surface area contributed by atoms with Crippen molar-refractivity contribution in [3.05, 3.63) is 62.2 Å². The number of fused-ring (bicyclic) bond motifs is 5. The lowest BCUT2D eigenvalue weighted by Gasteiger charge is -2.31.